The van der Waals surface area contributed by atoms with Gasteiger partial charge in [0.25, 0.3) is 11.6 Å². The Kier molecular flexibility index (Phi) is 6.54. The summed E-state index contributed by atoms with van der Waals surface area (Å²) >= 11 is 4.90. The van der Waals surface area contributed by atoms with Crippen molar-refractivity contribution in [3.05, 3.63) is 81.8 Å². The van der Waals surface area contributed by atoms with Gasteiger partial charge in [0.15, 0.2) is 5.11 Å². The topological polar surface area (TPSA) is 153 Å². The lowest BCUT2D eigenvalue weighted by Crippen LogP contribution is -2.21. The van der Waals surface area contributed by atoms with Gasteiger partial charge in [0, 0.05) is 17.8 Å². The number of ether oxygens (including phenoxy) is 1. The molecular weight excluding hydrogens is 462 g/mol. The molecule has 3 N–H and O–H groups in total. The first kappa shape index (κ1) is 22.5. The molecule has 1 saturated heterocycles. The summed E-state index contributed by atoms with van der Waals surface area (Å²) < 4.78 is 7.05. The minimum atomic E-state index is -0.513. The normalized spacial score (nSPS) is 13.9. The zero-order chi connectivity index (χ0) is 24.1. The third-order valence-corrected chi connectivity index (χ3v) is 4.76. The largest absolute Gasteiger partial charge is 0.487 e. The lowest BCUT2D eigenvalue weighted by Gasteiger charge is -2.05. The number of non-ortho nitro benzene ring substituents is 1. The highest BCUT2D eigenvalue weighted by molar-refractivity contribution is 7.80. The SMILES string of the molecule is O=C(Cn1cc(COc2ccc(C=C3NC(=S)NC3=O)cc2)nn1)Nc1ccc([N+](=O)[O-])cc1. The summed E-state index contributed by atoms with van der Waals surface area (Å²) in [6.45, 7) is 0.0566. The summed E-state index contributed by atoms with van der Waals surface area (Å²) in [4.78, 5) is 34.0. The van der Waals surface area contributed by atoms with Crippen LogP contribution in [0.5, 0.6) is 5.75 Å². The van der Waals surface area contributed by atoms with Crippen molar-refractivity contribution in [3.63, 3.8) is 0 Å². The summed E-state index contributed by atoms with van der Waals surface area (Å²) in [6, 6.07) is 12.6. The van der Waals surface area contributed by atoms with Crippen LogP contribution in [0, 0.1) is 10.1 Å². The van der Waals surface area contributed by atoms with E-state index in [4.69, 9.17) is 17.0 Å². The van der Waals surface area contributed by atoms with E-state index in [9.17, 15) is 19.7 Å². The van der Waals surface area contributed by atoms with E-state index in [1.54, 1.807) is 36.5 Å². The zero-order valence-electron chi connectivity index (χ0n) is 17.4. The first-order valence-electron chi connectivity index (χ1n) is 9.86. The first-order chi connectivity index (χ1) is 16.4. The van der Waals surface area contributed by atoms with E-state index in [1.165, 1.54) is 28.9 Å². The third-order valence-electron chi connectivity index (χ3n) is 4.55. The van der Waals surface area contributed by atoms with Crippen molar-refractivity contribution in [2.75, 3.05) is 5.32 Å². The second-order valence-corrected chi connectivity index (χ2v) is 7.49. The van der Waals surface area contributed by atoms with Gasteiger partial charge in [-0.3, -0.25) is 25.0 Å². The number of hydrogen-bond acceptors (Lipinski definition) is 8. The molecule has 0 bridgehead atoms. The van der Waals surface area contributed by atoms with Gasteiger partial charge in [-0.25, -0.2) is 4.68 Å². The standard InChI is InChI=1S/C21H17N7O5S/c29-19(22-14-3-5-16(6-4-14)28(31)32)11-27-10-15(25-26-27)12-33-17-7-1-13(2-8-17)9-18-20(30)24-21(34)23-18/h1-10H,11-12H2,(H,22,29)(H2,23,24,30,34). The van der Waals surface area contributed by atoms with Crippen molar-refractivity contribution in [1.29, 1.82) is 0 Å². The fourth-order valence-electron chi connectivity index (χ4n) is 2.96. The zero-order valence-corrected chi connectivity index (χ0v) is 18.2. The minimum Gasteiger partial charge on any atom is -0.487 e. The molecule has 1 fully saturated rings. The van der Waals surface area contributed by atoms with Crippen molar-refractivity contribution in [1.82, 2.24) is 25.6 Å². The summed E-state index contributed by atoms with van der Waals surface area (Å²) in [7, 11) is 0. The summed E-state index contributed by atoms with van der Waals surface area (Å²) in [5, 5.41) is 26.8. The quantitative estimate of drug-likeness (QED) is 0.190. The van der Waals surface area contributed by atoms with Gasteiger partial charge >= 0.3 is 0 Å². The third kappa shape index (κ3) is 5.77. The second kappa shape index (κ2) is 9.87. The maximum atomic E-state index is 12.2. The van der Waals surface area contributed by atoms with Crippen molar-refractivity contribution in [2.24, 2.45) is 0 Å². The Labute approximate surface area is 197 Å². The van der Waals surface area contributed by atoms with Gasteiger partial charge in [-0.2, -0.15) is 0 Å². The predicted octanol–water partition coefficient (Wildman–Crippen LogP) is 1.75. The Morgan fingerprint density at radius 2 is 1.91 bits per heavy atom. The molecule has 12 nitrogen and oxygen atoms in total. The van der Waals surface area contributed by atoms with Crippen molar-refractivity contribution >= 4 is 46.6 Å². The van der Waals surface area contributed by atoms with Gasteiger partial charge in [-0.05, 0) is 48.1 Å². The number of hydrogen-bond donors (Lipinski definition) is 3. The molecule has 34 heavy (non-hydrogen) atoms. The summed E-state index contributed by atoms with van der Waals surface area (Å²) in [5.41, 5.74) is 2.06. The van der Waals surface area contributed by atoms with Gasteiger partial charge in [-0.15, -0.1) is 5.10 Å². The molecule has 0 spiro atoms. The minimum absolute atomic E-state index is 0.0616. The van der Waals surface area contributed by atoms with E-state index in [2.05, 4.69) is 26.3 Å². The molecular formula is C21H17N7O5S. The maximum absolute atomic E-state index is 12.2. The van der Waals surface area contributed by atoms with Gasteiger partial charge in [0.1, 0.15) is 30.3 Å². The van der Waals surface area contributed by atoms with Crippen LogP contribution < -0.4 is 20.7 Å². The van der Waals surface area contributed by atoms with Crippen molar-refractivity contribution in [3.8, 4) is 5.75 Å². The molecule has 3 aromatic rings. The Bertz CT molecular complexity index is 1290. The van der Waals surface area contributed by atoms with Crippen LogP contribution in [0.1, 0.15) is 11.3 Å². The fraction of sp³-hybridized carbons (Fsp3) is 0.0952. The number of nitrogens with zero attached hydrogens (tertiary/aromatic N) is 4. The van der Waals surface area contributed by atoms with Gasteiger partial charge in [-0.1, -0.05) is 17.3 Å². The molecule has 2 heterocycles. The Hall–Kier alpha value is -4.65. The van der Waals surface area contributed by atoms with Crippen LogP contribution in [-0.4, -0.2) is 36.8 Å². The van der Waals surface area contributed by atoms with Gasteiger partial charge < -0.3 is 15.4 Å². The Balaban J connectivity index is 1.27. The number of aromatic nitrogens is 3. The highest BCUT2D eigenvalue weighted by Gasteiger charge is 2.19. The lowest BCUT2D eigenvalue weighted by molar-refractivity contribution is -0.384. The number of thiocarbonyl (C=S) groups is 1. The van der Waals surface area contributed by atoms with E-state index < -0.39 is 4.92 Å². The van der Waals surface area contributed by atoms with Crippen molar-refractivity contribution in [2.45, 2.75) is 13.2 Å². The first-order valence-corrected chi connectivity index (χ1v) is 10.3. The molecule has 0 unspecified atom stereocenters. The number of amides is 2. The molecule has 0 aliphatic carbocycles. The molecule has 1 aliphatic rings. The van der Waals surface area contributed by atoms with Gasteiger partial charge in [0.2, 0.25) is 5.91 Å². The van der Waals surface area contributed by atoms with Crippen LogP contribution >= 0.6 is 12.2 Å². The average Bonchev–Trinajstić information content (AvgIpc) is 3.38. The number of nitrogens with one attached hydrogen (secondary N) is 3. The highest BCUT2D eigenvalue weighted by Crippen LogP contribution is 2.17. The molecule has 0 saturated carbocycles. The number of benzene rings is 2. The fourth-order valence-corrected chi connectivity index (χ4v) is 3.17. The molecule has 172 valence electrons. The monoisotopic (exact) mass is 479 g/mol. The number of rotatable bonds is 8. The molecule has 2 amide bonds. The molecule has 13 heteroatoms. The molecule has 0 atom stereocenters. The summed E-state index contributed by atoms with van der Waals surface area (Å²) in [5.74, 6) is -0.0519. The van der Waals surface area contributed by atoms with E-state index in [-0.39, 0.29) is 35.8 Å². The number of anilines is 1. The smallest absolute Gasteiger partial charge is 0.273 e. The van der Waals surface area contributed by atoms with Crippen LogP contribution in [0.3, 0.4) is 0 Å². The van der Waals surface area contributed by atoms with E-state index >= 15 is 0 Å². The maximum Gasteiger partial charge on any atom is 0.273 e. The van der Waals surface area contributed by atoms with Crippen LogP contribution in [0.15, 0.2) is 60.4 Å². The number of nitro groups is 1. The Morgan fingerprint density at radius 1 is 1.18 bits per heavy atom. The van der Waals surface area contributed by atoms with Crippen LogP contribution in [0.25, 0.3) is 6.08 Å². The van der Waals surface area contributed by atoms with E-state index in [0.29, 0.717) is 22.8 Å². The molecule has 1 aliphatic heterocycles. The number of nitro benzene ring substituents is 1. The lowest BCUT2D eigenvalue weighted by atomic mass is 10.2. The highest BCUT2D eigenvalue weighted by atomic mass is 32.1. The molecule has 1 aromatic heterocycles. The number of carbonyl (C=O) groups excluding carboxylic acids is 2. The van der Waals surface area contributed by atoms with Crippen molar-refractivity contribution < 1.29 is 19.2 Å². The summed E-state index contributed by atoms with van der Waals surface area (Å²) in [6.07, 6.45) is 3.26. The molecule has 0 radical (unpaired) electrons. The average molecular weight is 479 g/mol. The predicted molar refractivity (Wildman–Crippen MR) is 124 cm³/mol. The van der Waals surface area contributed by atoms with E-state index in [1.807, 2.05) is 0 Å². The molecule has 2 aromatic carbocycles. The van der Waals surface area contributed by atoms with Crippen LogP contribution in [0.4, 0.5) is 11.4 Å². The molecule has 4 rings (SSSR count). The Morgan fingerprint density at radius 3 is 2.56 bits per heavy atom. The van der Waals surface area contributed by atoms with Crippen LogP contribution in [-0.2, 0) is 22.7 Å². The number of carbonyl (C=O) groups is 2. The second-order valence-electron chi connectivity index (χ2n) is 7.08. The van der Waals surface area contributed by atoms with Gasteiger partial charge in [0.05, 0.1) is 11.1 Å². The van der Waals surface area contributed by atoms with Crippen LogP contribution in [0.2, 0.25) is 0 Å². The van der Waals surface area contributed by atoms with E-state index in [0.717, 1.165) is 5.56 Å².